The predicted octanol–water partition coefficient (Wildman–Crippen LogP) is 5.17. The van der Waals surface area contributed by atoms with Crippen LogP contribution in [0.3, 0.4) is 0 Å². The number of anilines is 2. The Labute approximate surface area is 222 Å². The Kier molecular flexibility index (Phi) is 8.07. The quantitative estimate of drug-likeness (QED) is 0.371. The lowest BCUT2D eigenvalue weighted by atomic mass is 10.0. The molecule has 39 heavy (non-hydrogen) atoms. The maximum atomic E-state index is 13.0. The molecule has 0 spiro atoms. The summed E-state index contributed by atoms with van der Waals surface area (Å²) < 4.78 is 47.9. The standard InChI is InChI=1S/C26H29F3N6O4/c1-25(2,3)38-24(37)30-13-7-6-10-20-22(36)32-18-8-4-5-9-19(18)35(20)15-17-12-11-16(14-31-17)21-33-23(39-34-21)26(27,28)29/h4-5,8-9,11-12,14,20H,6-7,10,13,15H2,1-3H3,(H,30,37)(H,32,36). The number of hydrogen-bond acceptors (Lipinski definition) is 8. The molecule has 0 bridgehead atoms. The van der Waals surface area contributed by atoms with Crippen molar-refractivity contribution in [3.8, 4) is 11.4 Å². The molecule has 208 valence electrons. The largest absolute Gasteiger partial charge is 0.471 e. The average Bonchev–Trinajstić information content (AvgIpc) is 3.36. The van der Waals surface area contributed by atoms with Crippen LogP contribution in [0, 0.1) is 0 Å². The van der Waals surface area contributed by atoms with E-state index in [4.69, 9.17) is 4.74 Å². The van der Waals surface area contributed by atoms with Crippen molar-refractivity contribution in [1.82, 2.24) is 20.4 Å². The number of aromatic nitrogens is 3. The molecule has 3 heterocycles. The van der Waals surface area contributed by atoms with Gasteiger partial charge in [0.2, 0.25) is 11.7 Å². The number of carbonyl (C=O) groups excluding carboxylic acids is 2. The van der Waals surface area contributed by atoms with Crippen LogP contribution in [0.2, 0.25) is 0 Å². The van der Waals surface area contributed by atoms with Crippen LogP contribution in [-0.4, -0.2) is 45.3 Å². The van der Waals surface area contributed by atoms with Crippen molar-refractivity contribution in [1.29, 1.82) is 0 Å². The van der Waals surface area contributed by atoms with Crippen molar-refractivity contribution in [2.75, 3.05) is 16.8 Å². The molecular weight excluding hydrogens is 517 g/mol. The van der Waals surface area contributed by atoms with Crippen LogP contribution >= 0.6 is 0 Å². The summed E-state index contributed by atoms with van der Waals surface area (Å²) in [4.78, 5) is 34.6. The molecule has 2 aromatic heterocycles. The highest BCUT2D eigenvalue weighted by Crippen LogP contribution is 2.34. The fraction of sp³-hybridized carbons (Fsp3) is 0.423. The molecule has 10 nitrogen and oxygen atoms in total. The average molecular weight is 547 g/mol. The lowest BCUT2D eigenvalue weighted by Gasteiger charge is -2.38. The van der Waals surface area contributed by atoms with Crippen molar-refractivity contribution >= 4 is 23.4 Å². The van der Waals surface area contributed by atoms with Gasteiger partial charge in [-0.1, -0.05) is 17.3 Å². The number of nitrogens with one attached hydrogen (secondary N) is 2. The molecule has 1 aromatic carbocycles. The summed E-state index contributed by atoms with van der Waals surface area (Å²) in [5.41, 5.74) is 1.78. The van der Waals surface area contributed by atoms with Crippen molar-refractivity contribution < 1.29 is 32.0 Å². The number of unbranched alkanes of at least 4 members (excludes halogenated alkanes) is 1. The Hall–Kier alpha value is -4.16. The van der Waals surface area contributed by atoms with E-state index in [-0.39, 0.29) is 23.8 Å². The summed E-state index contributed by atoms with van der Waals surface area (Å²) in [6.07, 6.45) is -2.01. The van der Waals surface area contributed by atoms with E-state index in [1.807, 2.05) is 29.2 Å². The highest BCUT2D eigenvalue weighted by Gasteiger charge is 2.38. The van der Waals surface area contributed by atoms with Crippen LogP contribution in [0.4, 0.5) is 29.3 Å². The fourth-order valence-electron chi connectivity index (χ4n) is 4.09. The van der Waals surface area contributed by atoms with Gasteiger partial charge < -0.3 is 24.8 Å². The molecule has 0 saturated carbocycles. The van der Waals surface area contributed by atoms with Crippen LogP contribution in [0.5, 0.6) is 0 Å². The Balaban J connectivity index is 1.43. The molecule has 2 amide bonds. The maximum absolute atomic E-state index is 13.0. The number of rotatable bonds is 8. The van der Waals surface area contributed by atoms with Gasteiger partial charge in [0.1, 0.15) is 11.6 Å². The van der Waals surface area contributed by atoms with Gasteiger partial charge in [0.05, 0.1) is 23.6 Å². The zero-order chi connectivity index (χ0) is 28.2. The van der Waals surface area contributed by atoms with Gasteiger partial charge in [-0.15, -0.1) is 0 Å². The van der Waals surface area contributed by atoms with Gasteiger partial charge in [0, 0.05) is 18.3 Å². The van der Waals surface area contributed by atoms with Gasteiger partial charge in [0.25, 0.3) is 0 Å². The maximum Gasteiger partial charge on any atom is 0.471 e. The van der Waals surface area contributed by atoms with Crippen LogP contribution in [0.25, 0.3) is 11.4 Å². The van der Waals surface area contributed by atoms with Gasteiger partial charge in [-0.05, 0) is 64.3 Å². The molecule has 2 N–H and O–H groups in total. The molecule has 1 aliphatic heterocycles. The van der Waals surface area contributed by atoms with Crippen LogP contribution < -0.4 is 15.5 Å². The molecular formula is C26H29F3N6O4. The number of ether oxygens (including phenoxy) is 1. The molecule has 4 rings (SSSR count). The lowest BCUT2D eigenvalue weighted by molar-refractivity contribution is -0.159. The molecule has 1 aliphatic rings. The third-order valence-electron chi connectivity index (χ3n) is 5.81. The SMILES string of the molecule is CC(C)(C)OC(=O)NCCCCC1C(=O)Nc2ccccc2N1Cc1ccc(-c2noc(C(F)(F)F)n2)cn1. The number of alkyl carbamates (subject to hydrolysis) is 1. The molecule has 3 aromatic rings. The summed E-state index contributed by atoms with van der Waals surface area (Å²) in [6, 6.07) is 10.1. The number of alkyl halides is 3. The van der Waals surface area contributed by atoms with E-state index in [1.165, 1.54) is 6.20 Å². The first-order valence-electron chi connectivity index (χ1n) is 12.4. The molecule has 0 saturated heterocycles. The van der Waals surface area contributed by atoms with E-state index in [0.29, 0.717) is 37.2 Å². The molecule has 13 heteroatoms. The molecule has 0 fully saturated rings. The highest BCUT2D eigenvalue weighted by atomic mass is 19.4. The number of fused-ring (bicyclic) bond motifs is 1. The summed E-state index contributed by atoms with van der Waals surface area (Å²) in [6.45, 7) is 6.06. The Morgan fingerprint density at radius 1 is 1.15 bits per heavy atom. The van der Waals surface area contributed by atoms with Gasteiger partial charge in [-0.25, -0.2) is 4.79 Å². The summed E-state index contributed by atoms with van der Waals surface area (Å²) >= 11 is 0. The lowest BCUT2D eigenvalue weighted by Crippen LogP contribution is -2.47. The second-order valence-corrected chi connectivity index (χ2v) is 10.0. The minimum atomic E-state index is -4.73. The normalized spacial score (nSPS) is 15.5. The molecule has 0 aliphatic carbocycles. The molecule has 1 atom stereocenters. The first-order chi connectivity index (χ1) is 18.4. The van der Waals surface area contributed by atoms with E-state index < -0.39 is 29.8 Å². The third-order valence-corrected chi connectivity index (χ3v) is 5.81. The van der Waals surface area contributed by atoms with E-state index >= 15 is 0 Å². The van der Waals surface area contributed by atoms with Gasteiger partial charge >= 0.3 is 18.2 Å². The zero-order valence-corrected chi connectivity index (χ0v) is 21.7. The number of hydrogen-bond donors (Lipinski definition) is 2. The van der Waals surface area contributed by atoms with Crippen molar-refractivity contribution in [2.24, 2.45) is 0 Å². The summed E-state index contributed by atoms with van der Waals surface area (Å²) in [5, 5.41) is 9.05. The van der Waals surface area contributed by atoms with E-state index in [0.717, 1.165) is 5.69 Å². The topological polar surface area (TPSA) is 122 Å². The van der Waals surface area contributed by atoms with Gasteiger partial charge in [0.15, 0.2) is 0 Å². The summed E-state index contributed by atoms with van der Waals surface area (Å²) in [5.74, 6) is -1.81. The summed E-state index contributed by atoms with van der Waals surface area (Å²) in [7, 11) is 0. The minimum Gasteiger partial charge on any atom is -0.444 e. The van der Waals surface area contributed by atoms with Crippen LogP contribution in [0.15, 0.2) is 47.1 Å². The monoisotopic (exact) mass is 546 g/mol. The van der Waals surface area contributed by atoms with Crippen LogP contribution in [-0.2, 0) is 22.3 Å². The number of nitrogens with zero attached hydrogens (tertiary/aromatic N) is 4. The van der Waals surface area contributed by atoms with E-state index in [2.05, 4.69) is 30.3 Å². The molecule has 1 unspecified atom stereocenters. The predicted molar refractivity (Wildman–Crippen MR) is 136 cm³/mol. The Bertz CT molecular complexity index is 1300. The first-order valence-corrected chi connectivity index (χ1v) is 12.4. The third kappa shape index (κ3) is 7.24. The second kappa shape index (κ2) is 11.3. The number of benzene rings is 1. The molecule has 0 radical (unpaired) electrons. The number of pyridine rings is 1. The number of amides is 2. The van der Waals surface area contributed by atoms with E-state index in [9.17, 15) is 22.8 Å². The van der Waals surface area contributed by atoms with Crippen molar-refractivity contribution in [3.63, 3.8) is 0 Å². The highest BCUT2D eigenvalue weighted by molar-refractivity contribution is 6.03. The zero-order valence-electron chi connectivity index (χ0n) is 21.7. The van der Waals surface area contributed by atoms with Gasteiger partial charge in [-0.2, -0.15) is 18.2 Å². The fourth-order valence-corrected chi connectivity index (χ4v) is 4.09. The van der Waals surface area contributed by atoms with Crippen molar-refractivity contribution in [2.45, 2.75) is 64.4 Å². The Morgan fingerprint density at radius 3 is 2.59 bits per heavy atom. The van der Waals surface area contributed by atoms with Crippen molar-refractivity contribution in [3.05, 3.63) is 54.2 Å². The number of para-hydroxylation sites is 2. The Morgan fingerprint density at radius 2 is 1.92 bits per heavy atom. The second-order valence-electron chi connectivity index (χ2n) is 10.0. The minimum absolute atomic E-state index is 0.156. The van der Waals surface area contributed by atoms with E-state index in [1.54, 1.807) is 32.9 Å². The number of halogens is 3. The number of carbonyl (C=O) groups is 2. The smallest absolute Gasteiger partial charge is 0.444 e. The van der Waals surface area contributed by atoms with Gasteiger partial charge in [-0.3, -0.25) is 9.78 Å². The van der Waals surface area contributed by atoms with Crippen LogP contribution in [0.1, 0.15) is 51.6 Å². The first kappa shape index (κ1) is 27.9.